The smallest absolute Gasteiger partial charge is 0.0539 e. The highest BCUT2D eigenvalue weighted by atomic mass is 28.3. The second-order valence-electron chi connectivity index (χ2n) is 8.97. The fourth-order valence-electron chi connectivity index (χ4n) is 3.44. The van der Waals surface area contributed by atoms with E-state index in [0.717, 1.165) is 18.8 Å². The lowest BCUT2D eigenvalue weighted by Crippen LogP contribution is -2.50. The molecule has 1 aromatic carbocycles. The van der Waals surface area contributed by atoms with Crippen LogP contribution in [0.5, 0.6) is 0 Å². The van der Waals surface area contributed by atoms with E-state index in [1.54, 1.807) is 0 Å². The minimum Gasteiger partial charge on any atom is -0.381 e. The molecule has 21 heavy (non-hydrogen) atoms. The minimum absolute atomic E-state index is 0.400. The van der Waals surface area contributed by atoms with Crippen LogP contribution in [0.2, 0.25) is 49.9 Å². The fraction of sp³-hybridized carbons (Fsp3) is 0.667. The molecule has 0 radical (unpaired) electrons. The van der Waals surface area contributed by atoms with Crippen LogP contribution >= 0.6 is 0 Å². The first-order chi connectivity index (χ1) is 9.64. The molecule has 1 saturated heterocycles. The van der Waals surface area contributed by atoms with E-state index in [1.165, 1.54) is 18.4 Å². The second kappa shape index (κ2) is 6.01. The van der Waals surface area contributed by atoms with Crippen molar-refractivity contribution in [2.24, 2.45) is 0 Å². The number of ether oxygens (including phenoxy) is 1. The van der Waals surface area contributed by atoms with E-state index in [4.69, 9.17) is 4.74 Å². The Labute approximate surface area is 133 Å². The molecule has 0 bridgehead atoms. The predicted molar refractivity (Wildman–Crippen MR) is 98.7 cm³/mol. The molecule has 1 fully saturated rings. The highest BCUT2D eigenvalue weighted by molar-refractivity contribution is 6.80. The van der Waals surface area contributed by atoms with Gasteiger partial charge in [0, 0.05) is 14.7 Å². The average molecular weight is 321 g/mol. The van der Waals surface area contributed by atoms with Gasteiger partial charge in [-0.15, -0.1) is 0 Å². The summed E-state index contributed by atoms with van der Waals surface area (Å²) >= 11 is 0. The summed E-state index contributed by atoms with van der Waals surface area (Å²) < 4.78 is 6.19. The molecule has 0 aliphatic carbocycles. The van der Waals surface area contributed by atoms with Crippen molar-refractivity contribution in [3.05, 3.63) is 35.9 Å². The molecule has 1 nitrogen and oxygen atoms in total. The van der Waals surface area contributed by atoms with E-state index in [-0.39, 0.29) is 0 Å². The van der Waals surface area contributed by atoms with Crippen LogP contribution < -0.4 is 0 Å². The van der Waals surface area contributed by atoms with Crippen molar-refractivity contribution in [2.45, 2.75) is 62.7 Å². The average Bonchev–Trinajstić information content (AvgIpc) is 2.38. The van der Waals surface area contributed by atoms with Gasteiger partial charge in [-0.05, 0) is 29.0 Å². The Morgan fingerprint density at radius 1 is 1.05 bits per heavy atom. The Hall–Kier alpha value is -0.386. The van der Waals surface area contributed by atoms with Crippen molar-refractivity contribution in [1.29, 1.82) is 0 Å². The van der Waals surface area contributed by atoms with Crippen molar-refractivity contribution in [1.82, 2.24) is 0 Å². The topological polar surface area (TPSA) is 9.23 Å². The van der Waals surface area contributed by atoms with Gasteiger partial charge in [-0.25, -0.2) is 0 Å². The Morgan fingerprint density at radius 2 is 1.67 bits per heavy atom. The van der Waals surface area contributed by atoms with Gasteiger partial charge in [-0.3, -0.25) is 0 Å². The van der Waals surface area contributed by atoms with Gasteiger partial charge in [0.2, 0.25) is 0 Å². The Balaban J connectivity index is 2.30. The third-order valence-electron chi connectivity index (χ3n) is 5.54. The van der Waals surface area contributed by atoms with Gasteiger partial charge in [0.25, 0.3) is 0 Å². The molecular formula is C18H32OSi2. The van der Waals surface area contributed by atoms with Crippen molar-refractivity contribution in [3.63, 3.8) is 0 Å². The summed E-state index contributed by atoms with van der Waals surface area (Å²) in [6, 6.07) is 11.0. The van der Waals surface area contributed by atoms with Crippen LogP contribution in [0, 0.1) is 0 Å². The molecule has 0 amide bonds. The van der Waals surface area contributed by atoms with E-state index in [2.05, 4.69) is 69.6 Å². The number of hydrogen-bond acceptors (Lipinski definition) is 1. The van der Waals surface area contributed by atoms with Crippen LogP contribution in [0.1, 0.15) is 12.0 Å². The molecule has 1 heterocycles. The highest BCUT2D eigenvalue weighted by Crippen LogP contribution is 2.53. The number of benzene rings is 1. The van der Waals surface area contributed by atoms with Gasteiger partial charge in [0.05, 0.1) is 14.7 Å². The molecule has 118 valence electrons. The Morgan fingerprint density at radius 3 is 2.19 bits per heavy atom. The van der Waals surface area contributed by atoms with Gasteiger partial charge < -0.3 is 4.74 Å². The molecule has 1 aromatic rings. The molecule has 2 rings (SSSR count). The molecule has 2 atom stereocenters. The van der Waals surface area contributed by atoms with Crippen LogP contribution in [0.15, 0.2) is 30.3 Å². The molecular weight excluding hydrogens is 288 g/mol. The van der Waals surface area contributed by atoms with Gasteiger partial charge in [-0.2, -0.15) is 0 Å². The predicted octanol–water partition coefficient (Wildman–Crippen LogP) is 5.44. The van der Waals surface area contributed by atoms with Crippen molar-refractivity contribution in [3.8, 4) is 0 Å². The largest absolute Gasteiger partial charge is 0.381 e. The lowest BCUT2D eigenvalue weighted by atomic mass is 9.92. The van der Waals surface area contributed by atoms with Gasteiger partial charge >= 0.3 is 0 Å². The summed E-state index contributed by atoms with van der Waals surface area (Å²) in [7, 11) is -2.46. The Bertz CT molecular complexity index is 458. The van der Waals surface area contributed by atoms with Crippen molar-refractivity contribution >= 4 is 16.1 Å². The molecule has 1 aliphatic rings. The zero-order valence-electron chi connectivity index (χ0n) is 14.7. The molecule has 0 spiro atoms. The maximum Gasteiger partial charge on any atom is 0.0539 e. The summed E-state index contributed by atoms with van der Waals surface area (Å²) in [5, 5.41) is 0.400. The van der Waals surface area contributed by atoms with Crippen molar-refractivity contribution < 1.29 is 4.74 Å². The monoisotopic (exact) mass is 320 g/mol. The van der Waals surface area contributed by atoms with Gasteiger partial charge in [-0.1, -0.05) is 69.6 Å². The van der Waals surface area contributed by atoms with E-state index in [1.807, 2.05) is 0 Å². The molecule has 0 saturated carbocycles. The Kier molecular flexibility index (Phi) is 4.86. The van der Waals surface area contributed by atoms with E-state index in [0.29, 0.717) is 5.04 Å². The van der Waals surface area contributed by atoms with Crippen LogP contribution in [0.3, 0.4) is 0 Å². The van der Waals surface area contributed by atoms with E-state index in [9.17, 15) is 0 Å². The molecule has 3 heteroatoms. The van der Waals surface area contributed by atoms with Crippen LogP contribution in [-0.2, 0) is 11.2 Å². The SMILES string of the molecule is C[Si](C)(C)[C@@H]1COC[C@@](Cc2ccccc2)([Si](C)(C)C)C1. The second-order valence-corrected chi connectivity index (χ2v) is 20.1. The van der Waals surface area contributed by atoms with Gasteiger partial charge in [0.1, 0.15) is 0 Å². The first-order valence-electron chi connectivity index (χ1n) is 8.26. The van der Waals surface area contributed by atoms with Gasteiger partial charge in [0.15, 0.2) is 0 Å². The normalized spacial score (nSPS) is 27.6. The molecule has 0 aromatic heterocycles. The lowest BCUT2D eigenvalue weighted by molar-refractivity contribution is 0.0574. The highest BCUT2D eigenvalue weighted by Gasteiger charge is 2.49. The summed E-state index contributed by atoms with van der Waals surface area (Å²) in [4.78, 5) is 0. The summed E-state index contributed by atoms with van der Waals surface area (Å²) in [6.07, 6.45) is 2.58. The first kappa shape index (κ1) is 17.0. The minimum atomic E-state index is -1.31. The number of rotatable bonds is 4. The summed E-state index contributed by atoms with van der Waals surface area (Å²) in [5.41, 5.74) is 2.29. The first-order valence-corrected chi connectivity index (χ1v) is 15.3. The molecule has 1 aliphatic heterocycles. The summed E-state index contributed by atoms with van der Waals surface area (Å²) in [6.45, 7) is 17.1. The van der Waals surface area contributed by atoms with Crippen LogP contribution in [0.4, 0.5) is 0 Å². The maximum atomic E-state index is 6.19. The third-order valence-corrected chi connectivity index (χ3v) is 12.1. The third kappa shape index (κ3) is 3.88. The van der Waals surface area contributed by atoms with E-state index < -0.39 is 16.1 Å². The fourth-order valence-corrected chi connectivity index (χ4v) is 7.39. The lowest BCUT2D eigenvalue weighted by Gasteiger charge is -2.51. The standard InChI is InChI=1S/C18H32OSi2/c1-20(2,3)17-13-18(15-19-14-17,21(4,5)6)12-16-10-8-7-9-11-16/h7-11,17H,12-15H2,1-6H3/t17-,18-/m0/s1. The zero-order chi connectivity index (χ0) is 15.7. The van der Waals surface area contributed by atoms with E-state index >= 15 is 0 Å². The number of hydrogen-bond donors (Lipinski definition) is 0. The van der Waals surface area contributed by atoms with Crippen molar-refractivity contribution in [2.75, 3.05) is 13.2 Å². The summed E-state index contributed by atoms with van der Waals surface area (Å²) in [5.74, 6) is 0. The van der Waals surface area contributed by atoms with Crippen LogP contribution in [0.25, 0.3) is 0 Å². The van der Waals surface area contributed by atoms with Crippen LogP contribution in [-0.4, -0.2) is 29.4 Å². The molecule has 0 unspecified atom stereocenters. The molecule has 0 N–H and O–H groups in total. The maximum absolute atomic E-state index is 6.19. The quantitative estimate of drug-likeness (QED) is 0.672. The zero-order valence-corrected chi connectivity index (χ0v) is 16.7.